The average molecular weight is 336 g/mol. The van der Waals surface area contributed by atoms with Gasteiger partial charge in [0, 0.05) is 12.1 Å². The molecule has 1 aliphatic carbocycles. The second-order valence-corrected chi connectivity index (χ2v) is 7.76. The Balaban J connectivity index is 1.87. The number of halogens is 1. The van der Waals surface area contributed by atoms with Gasteiger partial charge in [-0.3, -0.25) is 9.79 Å². The molecule has 0 spiro atoms. The van der Waals surface area contributed by atoms with Crippen molar-refractivity contribution in [3.8, 4) is 0 Å². The van der Waals surface area contributed by atoms with Gasteiger partial charge in [0.15, 0.2) is 0 Å². The zero-order valence-electron chi connectivity index (χ0n) is 14.4. The third-order valence-electron chi connectivity index (χ3n) is 5.04. The van der Waals surface area contributed by atoms with Gasteiger partial charge in [0.2, 0.25) is 0 Å². The molecular formula is C21H21FN2O. The number of benzene rings is 2. The van der Waals surface area contributed by atoms with Crippen LogP contribution in [0.1, 0.15) is 38.3 Å². The fourth-order valence-electron chi connectivity index (χ4n) is 3.99. The first kappa shape index (κ1) is 16.0. The fraction of sp³-hybridized carbons (Fsp3) is 0.333. The van der Waals surface area contributed by atoms with Crippen molar-refractivity contribution in [2.45, 2.75) is 32.7 Å². The van der Waals surface area contributed by atoms with E-state index >= 15 is 0 Å². The molecule has 4 rings (SSSR count). The molecule has 1 heterocycles. The molecule has 1 fully saturated rings. The van der Waals surface area contributed by atoms with Crippen LogP contribution in [0.5, 0.6) is 0 Å². The number of Topliss-reactive ketones (excluding diaryl/α,β-unsaturated/α-hetero) is 1. The minimum atomic E-state index is -0.359. The van der Waals surface area contributed by atoms with E-state index in [1.807, 2.05) is 30.3 Å². The monoisotopic (exact) mass is 336 g/mol. The number of nitrogens with one attached hydrogen (secondary N) is 1. The zero-order chi connectivity index (χ0) is 17.6. The second-order valence-electron chi connectivity index (χ2n) is 7.76. The van der Waals surface area contributed by atoms with Crippen molar-refractivity contribution in [3.05, 3.63) is 59.9 Å². The summed E-state index contributed by atoms with van der Waals surface area (Å²) in [5.41, 5.74) is 3.30. The molecule has 2 aromatic carbocycles. The number of carbonyl (C=O) groups excluding carboxylic acids is 1. The molecule has 1 N–H and O–H groups in total. The first-order valence-electron chi connectivity index (χ1n) is 8.64. The van der Waals surface area contributed by atoms with E-state index in [9.17, 15) is 9.18 Å². The molecule has 0 amide bonds. The maximum Gasteiger partial charge on any atom is 0.144 e. The van der Waals surface area contributed by atoms with E-state index in [2.05, 4.69) is 19.2 Å². The van der Waals surface area contributed by atoms with E-state index in [0.717, 1.165) is 29.1 Å². The van der Waals surface area contributed by atoms with Gasteiger partial charge in [0.05, 0.1) is 23.3 Å². The van der Waals surface area contributed by atoms with Crippen molar-refractivity contribution in [1.29, 1.82) is 0 Å². The molecule has 0 aromatic heterocycles. The van der Waals surface area contributed by atoms with Crippen LogP contribution >= 0.6 is 0 Å². The number of anilines is 1. The summed E-state index contributed by atoms with van der Waals surface area (Å²) in [7, 11) is 0. The Kier molecular flexibility index (Phi) is 3.71. The number of carbonyl (C=O) groups is 1. The molecule has 1 unspecified atom stereocenters. The molecule has 25 heavy (non-hydrogen) atoms. The molecule has 0 saturated heterocycles. The zero-order valence-corrected chi connectivity index (χ0v) is 14.4. The SMILES string of the molecule is CC1(C)CC(=O)C2C(=Nc3ccccc3N[C@@H]2c2cccc(F)c2)C1. The summed E-state index contributed by atoms with van der Waals surface area (Å²) in [6.45, 7) is 4.20. The summed E-state index contributed by atoms with van der Waals surface area (Å²) in [5, 5.41) is 3.46. The molecule has 1 aliphatic heterocycles. The third kappa shape index (κ3) is 2.97. The van der Waals surface area contributed by atoms with E-state index < -0.39 is 0 Å². The summed E-state index contributed by atoms with van der Waals surface area (Å²) < 4.78 is 13.8. The van der Waals surface area contributed by atoms with Gasteiger partial charge in [-0.2, -0.15) is 0 Å². The Bertz CT molecular complexity index is 872. The van der Waals surface area contributed by atoms with Gasteiger partial charge in [0.25, 0.3) is 0 Å². The van der Waals surface area contributed by atoms with Crippen LogP contribution in [0.2, 0.25) is 0 Å². The van der Waals surface area contributed by atoms with Crippen LogP contribution in [0.25, 0.3) is 0 Å². The topological polar surface area (TPSA) is 41.5 Å². The van der Waals surface area contributed by atoms with Gasteiger partial charge in [-0.15, -0.1) is 0 Å². The number of aliphatic imine (C=N–C) groups is 1. The molecule has 4 heteroatoms. The second kappa shape index (κ2) is 5.80. The van der Waals surface area contributed by atoms with E-state index in [1.165, 1.54) is 12.1 Å². The first-order chi connectivity index (χ1) is 11.9. The summed E-state index contributed by atoms with van der Waals surface area (Å²) in [6.07, 6.45) is 1.28. The average Bonchev–Trinajstić information content (AvgIpc) is 2.70. The van der Waals surface area contributed by atoms with E-state index in [0.29, 0.717) is 6.42 Å². The van der Waals surface area contributed by atoms with Gasteiger partial charge in [-0.25, -0.2) is 4.39 Å². The summed E-state index contributed by atoms with van der Waals surface area (Å²) in [6, 6.07) is 14.0. The van der Waals surface area contributed by atoms with Crippen molar-refractivity contribution in [2.75, 3.05) is 5.32 Å². The van der Waals surface area contributed by atoms with Crippen LogP contribution in [-0.4, -0.2) is 11.5 Å². The highest BCUT2D eigenvalue weighted by molar-refractivity contribution is 6.10. The van der Waals surface area contributed by atoms with Crippen LogP contribution in [0.3, 0.4) is 0 Å². The number of nitrogens with zero attached hydrogens (tertiary/aromatic N) is 1. The molecule has 0 bridgehead atoms. The van der Waals surface area contributed by atoms with E-state index in [4.69, 9.17) is 4.99 Å². The van der Waals surface area contributed by atoms with Crippen molar-refractivity contribution in [1.82, 2.24) is 0 Å². The number of ketones is 1. The molecule has 2 aromatic rings. The van der Waals surface area contributed by atoms with Gasteiger partial charge in [-0.05, 0) is 41.7 Å². The molecule has 1 saturated carbocycles. The maximum atomic E-state index is 13.8. The van der Waals surface area contributed by atoms with Gasteiger partial charge < -0.3 is 5.32 Å². The fourth-order valence-corrected chi connectivity index (χ4v) is 3.99. The lowest BCUT2D eigenvalue weighted by Crippen LogP contribution is -2.42. The Morgan fingerprint density at radius 1 is 1.12 bits per heavy atom. The molecule has 128 valence electrons. The minimum absolute atomic E-state index is 0.0990. The number of rotatable bonds is 1. The minimum Gasteiger partial charge on any atom is -0.375 e. The lowest BCUT2D eigenvalue weighted by atomic mass is 9.68. The first-order valence-corrected chi connectivity index (χ1v) is 8.64. The Hall–Kier alpha value is -2.49. The molecular weight excluding hydrogens is 315 g/mol. The number of hydrogen-bond donors (Lipinski definition) is 1. The summed E-state index contributed by atoms with van der Waals surface area (Å²) in [4.78, 5) is 17.8. The van der Waals surface area contributed by atoms with E-state index in [1.54, 1.807) is 6.07 Å². The van der Waals surface area contributed by atoms with Gasteiger partial charge in [0.1, 0.15) is 11.6 Å². The summed E-state index contributed by atoms with van der Waals surface area (Å²) >= 11 is 0. The predicted molar refractivity (Wildman–Crippen MR) is 97.8 cm³/mol. The number of hydrogen-bond acceptors (Lipinski definition) is 3. The molecule has 2 atom stereocenters. The quantitative estimate of drug-likeness (QED) is 0.790. The van der Waals surface area contributed by atoms with Gasteiger partial charge >= 0.3 is 0 Å². The van der Waals surface area contributed by atoms with Crippen molar-refractivity contribution in [2.24, 2.45) is 16.3 Å². The smallest absolute Gasteiger partial charge is 0.144 e. The standard InChI is InChI=1S/C21H21FN2O/c1-21(2)11-17-19(18(25)12-21)20(13-6-5-7-14(22)10-13)24-16-9-4-3-8-15(16)23-17/h3-10,19-20,24H,11-12H2,1-2H3/t19?,20-/m1/s1. The largest absolute Gasteiger partial charge is 0.375 e. The van der Waals surface area contributed by atoms with Crippen LogP contribution < -0.4 is 5.32 Å². The highest BCUT2D eigenvalue weighted by Gasteiger charge is 2.43. The Labute approximate surface area is 147 Å². The Morgan fingerprint density at radius 2 is 1.92 bits per heavy atom. The van der Waals surface area contributed by atoms with Crippen molar-refractivity contribution < 1.29 is 9.18 Å². The molecule has 2 aliphatic rings. The van der Waals surface area contributed by atoms with Crippen LogP contribution in [-0.2, 0) is 4.79 Å². The van der Waals surface area contributed by atoms with Gasteiger partial charge in [-0.1, -0.05) is 38.1 Å². The maximum absolute atomic E-state index is 13.8. The Morgan fingerprint density at radius 3 is 2.72 bits per heavy atom. The third-order valence-corrected chi connectivity index (χ3v) is 5.04. The molecule has 0 radical (unpaired) electrons. The highest BCUT2D eigenvalue weighted by Crippen LogP contribution is 2.44. The van der Waals surface area contributed by atoms with Crippen LogP contribution in [0.15, 0.2) is 53.5 Å². The molecule has 3 nitrogen and oxygen atoms in total. The van der Waals surface area contributed by atoms with Crippen molar-refractivity contribution >= 4 is 22.9 Å². The predicted octanol–water partition coefficient (Wildman–Crippen LogP) is 5.07. The normalized spacial score (nSPS) is 24.4. The number of para-hydroxylation sites is 2. The van der Waals surface area contributed by atoms with Crippen LogP contribution in [0, 0.1) is 17.2 Å². The van der Waals surface area contributed by atoms with E-state index in [-0.39, 0.29) is 29.0 Å². The number of fused-ring (bicyclic) bond motifs is 2. The lowest BCUT2D eigenvalue weighted by molar-refractivity contribution is -0.124. The lowest BCUT2D eigenvalue weighted by Gasteiger charge is -2.37. The highest BCUT2D eigenvalue weighted by atomic mass is 19.1. The van der Waals surface area contributed by atoms with Crippen molar-refractivity contribution in [3.63, 3.8) is 0 Å². The summed E-state index contributed by atoms with van der Waals surface area (Å²) in [5.74, 6) is -0.481. The van der Waals surface area contributed by atoms with Crippen LogP contribution in [0.4, 0.5) is 15.8 Å².